The number of rotatable bonds is 4. The first-order valence-electron chi connectivity index (χ1n) is 7.05. The van der Waals surface area contributed by atoms with Crippen LogP contribution >= 0.6 is 0 Å². The lowest BCUT2D eigenvalue weighted by Gasteiger charge is -2.28. The van der Waals surface area contributed by atoms with Gasteiger partial charge in [0.05, 0.1) is 16.5 Å². The van der Waals surface area contributed by atoms with E-state index in [9.17, 15) is 8.42 Å². The third-order valence-corrected chi connectivity index (χ3v) is 5.63. The van der Waals surface area contributed by atoms with Crippen LogP contribution in [0, 0.1) is 24.2 Å². The summed E-state index contributed by atoms with van der Waals surface area (Å²) in [5.74, 6) is 0.298. The molecule has 0 saturated carbocycles. The molecule has 21 heavy (non-hydrogen) atoms. The zero-order valence-electron chi connectivity index (χ0n) is 12.3. The maximum absolute atomic E-state index is 12.5. The number of aryl methyl sites for hydroxylation is 1. The fourth-order valence-corrected chi connectivity index (χ4v) is 4.18. The molecule has 1 aromatic rings. The van der Waals surface area contributed by atoms with Gasteiger partial charge in [-0.3, -0.25) is 0 Å². The summed E-state index contributed by atoms with van der Waals surface area (Å²) < 4.78 is 33.0. The second-order valence-electron chi connectivity index (χ2n) is 5.45. The van der Waals surface area contributed by atoms with Gasteiger partial charge >= 0.3 is 0 Å². The van der Waals surface area contributed by atoms with Gasteiger partial charge in [-0.2, -0.15) is 5.26 Å². The van der Waals surface area contributed by atoms with E-state index in [0.29, 0.717) is 30.3 Å². The van der Waals surface area contributed by atoms with Crippen molar-refractivity contribution < 1.29 is 13.2 Å². The summed E-state index contributed by atoms with van der Waals surface area (Å²) in [6.07, 6.45) is 1.74. The van der Waals surface area contributed by atoms with Crippen LogP contribution in [0.5, 0.6) is 0 Å². The summed E-state index contributed by atoms with van der Waals surface area (Å²) in [6, 6.07) is 6.49. The van der Waals surface area contributed by atoms with Crippen LogP contribution in [0.2, 0.25) is 0 Å². The number of ether oxygens (including phenoxy) is 1. The van der Waals surface area contributed by atoms with Gasteiger partial charge in [0.25, 0.3) is 0 Å². The van der Waals surface area contributed by atoms with Gasteiger partial charge < -0.3 is 4.74 Å². The molecular formula is C15H20N2O3S. The van der Waals surface area contributed by atoms with Gasteiger partial charge in [0.15, 0.2) is 0 Å². The van der Waals surface area contributed by atoms with Crippen molar-refractivity contribution >= 4 is 10.0 Å². The minimum atomic E-state index is -3.56. The van der Waals surface area contributed by atoms with Crippen LogP contribution in [0.3, 0.4) is 0 Å². The maximum Gasteiger partial charge on any atom is 0.241 e. The highest BCUT2D eigenvalue weighted by atomic mass is 32.2. The van der Waals surface area contributed by atoms with Crippen molar-refractivity contribution in [2.45, 2.75) is 37.6 Å². The Morgan fingerprint density at radius 1 is 1.38 bits per heavy atom. The fraction of sp³-hybridized carbons (Fsp3) is 0.533. The normalized spacial score (nSPS) is 18.1. The van der Waals surface area contributed by atoms with Crippen molar-refractivity contribution in [3.63, 3.8) is 0 Å². The maximum atomic E-state index is 12.5. The van der Waals surface area contributed by atoms with E-state index in [-0.39, 0.29) is 10.9 Å². The Balaban J connectivity index is 2.16. The van der Waals surface area contributed by atoms with Gasteiger partial charge in [0, 0.05) is 19.3 Å². The van der Waals surface area contributed by atoms with E-state index >= 15 is 0 Å². The third kappa shape index (κ3) is 3.82. The summed E-state index contributed by atoms with van der Waals surface area (Å²) in [5, 5.41) is 8.84. The van der Waals surface area contributed by atoms with E-state index < -0.39 is 10.0 Å². The first kappa shape index (κ1) is 16.0. The minimum Gasteiger partial charge on any atom is -0.381 e. The van der Waals surface area contributed by atoms with Gasteiger partial charge in [-0.25, -0.2) is 13.1 Å². The highest BCUT2D eigenvalue weighted by Crippen LogP contribution is 2.22. The molecule has 1 heterocycles. The molecule has 114 valence electrons. The first-order chi connectivity index (χ1) is 9.94. The van der Waals surface area contributed by atoms with Crippen molar-refractivity contribution in [1.29, 1.82) is 5.26 Å². The molecule has 0 bridgehead atoms. The standard InChI is InChI=1S/C15H20N2O3S/c1-11-9-13(10-16)3-4-15(11)21(18,19)17-12(2)14-5-7-20-8-6-14/h3-4,9,12,14,17H,5-8H2,1-2H3. The summed E-state index contributed by atoms with van der Waals surface area (Å²) in [6.45, 7) is 4.97. The highest BCUT2D eigenvalue weighted by molar-refractivity contribution is 7.89. The van der Waals surface area contributed by atoms with Crippen LogP contribution in [0.4, 0.5) is 0 Å². The molecule has 0 amide bonds. The van der Waals surface area contributed by atoms with Crippen LogP contribution < -0.4 is 4.72 Å². The molecule has 1 aromatic carbocycles. The van der Waals surface area contributed by atoms with E-state index in [1.807, 2.05) is 13.0 Å². The predicted octanol–water partition coefficient (Wildman–Crippen LogP) is 1.96. The Morgan fingerprint density at radius 2 is 2.05 bits per heavy atom. The Hall–Kier alpha value is -1.42. The largest absolute Gasteiger partial charge is 0.381 e. The smallest absolute Gasteiger partial charge is 0.241 e. The Morgan fingerprint density at radius 3 is 2.62 bits per heavy atom. The molecule has 1 N–H and O–H groups in total. The molecule has 0 aliphatic carbocycles. The summed E-state index contributed by atoms with van der Waals surface area (Å²) in [4.78, 5) is 0.236. The molecule has 2 rings (SSSR count). The molecule has 1 atom stereocenters. The second-order valence-corrected chi connectivity index (χ2v) is 7.13. The van der Waals surface area contributed by atoms with E-state index in [4.69, 9.17) is 10.00 Å². The molecule has 1 saturated heterocycles. The molecule has 6 heteroatoms. The number of hydrogen-bond donors (Lipinski definition) is 1. The summed E-state index contributed by atoms with van der Waals surface area (Å²) in [5.41, 5.74) is 1.05. The second kappa shape index (κ2) is 6.56. The van der Waals surface area contributed by atoms with Gasteiger partial charge in [0.1, 0.15) is 0 Å². The average Bonchev–Trinajstić information content (AvgIpc) is 2.47. The van der Waals surface area contributed by atoms with Crippen molar-refractivity contribution in [3.05, 3.63) is 29.3 Å². The van der Waals surface area contributed by atoms with Gasteiger partial charge in [-0.05, 0) is 56.4 Å². The average molecular weight is 308 g/mol. The molecule has 1 aliphatic rings. The Bertz CT molecular complexity index is 643. The summed E-state index contributed by atoms with van der Waals surface area (Å²) >= 11 is 0. The Labute approximate surface area is 126 Å². The molecule has 0 spiro atoms. The topological polar surface area (TPSA) is 79.2 Å². The zero-order valence-corrected chi connectivity index (χ0v) is 13.1. The van der Waals surface area contributed by atoms with Crippen LogP contribution in [0.25, 0.3) is 0 Å². The van der Waals surface area contributed by atoms with Crippen molar-refractivity contribution in [2.75, 3.05) is 13.2 Å². The lowest BCUT2D eigenvalue weighted by atomic mass is 9.94. The monoisotopic (exact) mass is 308 g/mol. The predicted molar refractivity (Wildman–Crippen MR) is 79.2 cm³/mol. The van der Waals surface area contributed by atoms with Crippen molar-refractivity contribution in [1.82, 2.24) is 4.72 Å². The highest BCUT2D eigenvalue weighted by Gasteiger charge is 2.26. The van der Waals surface area contributed by atoms with E-state index in [1.54, 1.807) is 13.0 Å². The van der Waals surface area contributed by atoms with Crippen LogP contribution in [-0.4, -0.2) is 27.7 Å². The van der Waals surface area contributed by atoms with Crippen molar-refractivity contribution in [2.24, 2.45) is 5.92 Å². The number of hydrogen-bond acceptors (Lipinski definition) is 4. The van der Waals surface area contributed by atoms with Crippen LogP contribution in [0.1, 0.15) is 30.9 Å². The molecule has 1 aliphatic heterocycles. The van der Waals surface area contributed by atoms with Crippen molar-refractivity contribution in [3.8, 4) is 6.07 Å². The molecule has 1 fully saturated rings. The lowest BCUT2D eigenvalue weighted by Crippen LogP contribution is -2.40. The quantitative estimate of drug-likeness (QED) is 0.922. The Kier molecular flexibility index (Phi) is 4.99. The van der Waals surface area contributed by atoms with Gasteiger partial charge in [0.2, 0.25) is 10.0 Å². The first-order valence-corrected chi connectivity index (χ1v) is 8.53. The number of nitriles is 1. The van der Waals surface area contributed by atoms with E-state index in [1.165, 1.54) is 12.1 Å². The number of sulfonamides is 1. The number of nitrogens with zero attached hydrogens (tertiary/aromatic N) is 1. The number of benzene rings is 1. The lowest BCUT2D eigenvalue weighted by molar-refractivity contribution is 0.0585. The fourth-order valence-electron chi connectivity index (χ4n) is 2.64. The molecule has 5 nitrogen and oxygen atoms in total. The van der Waals surface area contributed by atoms with E-state index in [0.717, 1.165) is 12.8 Å². The van der Waals surface area contributed by atoms with Gasteiger partial charge in [-0.1, -0.05) is 0 Å². The zero-order chi connectivity index (χ0) is 15.5. The van der Waals surface area contributed by atoms with Crippen LogP contribution in [0.15, 0.2) is 23.1 Å². The molecule has 0 aromatic heterocycles. The minimum absolute atomic E-state index is 0.131. The third-order valence-electron chi connectivity index (χ3n) is 3.91. The molecule has 0 radical (unpaired) electrons. The van der Waals surface area contributed by atoms with E-state index in [2.05, 4.69) is 4.72 Å². The van der Waals surface area contributed by atoms with Crippen LogP contribution in [-0.2, 0) is 14.8 Å². The molecular weight excluding hydrogens is 288 g/mol. The summed E-state index contributed by atoms with van der Waals surface area (Å²) in [7, 11) is -3.56. The number of nitrogens with one attached hydrogen (secondary N) is 1. The van der Waals surface area contributed by atoms with Gasteiger partial charge in [-0.15, -0.1) is 0 Å². The SMILES string of the molecule is Cc1cc(C#N)ccc1S(=O)(=O)NC(C)C1CCOCC1. The molecule has 1 unspecified atom stereocenters.